The van der Waals surface area contributed by atoms with Gasteiger partial charge in [0.1, 0.15) is 5.60 Å². The zero-order valence-corrected chi connectivity index (χ0v) is 17.0. The summed E-state index contributed by atoms with van der Waals surface area (Å²) in [5.74, 6) is 5.88. The van der Waals surface area contributed by atoms with Crippen molar-refractivity contribution >= 4 is 5.97 Å². The third-order valence-corrected chi connectivity index (χ3v) is 9.07. The van der Waals surface area contributed by atoms with Crippen LogP contribution >= 0.6 is 0 Å². The van der Waals surface area contributed by atoms with Crippen molar-refractivity contribution < 1.29 is 9.53 Å². The number of hydrogen-bond donors (Lipinski definition) is 0. The van der Waals surface area contributed by atoms with E-state index in [0.717, 1.165) is 53.9 Å². The van der Waals surface area contributed by atoms with Gasteiger partial charge in [0.2, 0.25) is 0 Å². The third kappa shape index (κ3) is 2.56. The summed E-state index contributed by atoms with van der Waals surface area (Å²) in [4.78, 5) is 12.9. The third-order valence-electron chi connectivity index (χ3n) is 9.07. The molecule has 6 rings (SSSR count). The van der Waals surface area contributed by atoms with E-state index in [1.165, 1.54) is 44.1 Å². The summed E-state index contributed by atoms with van der Waals surface area (Å²) in [6.07, 6.45) is 14.8. The Hall–Kier alpha value is -1.57. The molecule has 1 aromatic carbocycles. The van der Waals surface area contributed by atoms with Crippen molar-refractivity contribution in [1.82, 2.24) is 0 Å². The van der Waals surface area contributed by atoms with Gasteiger partial charge < -0.3 is 4.74 Å². The molecule has 0 amide bonds. The molecule has 0 N–H and O–H groups in total. The number of allylic oxidation sites excluding steroid dienone is 2. The van der Waals surface area contributed by atoms with Crippen LogP contribution in [0.4, 0.5) is 0 Å². The molecule has 1 aromatic rings. The van der Waals surface area contributed by atoms with Gasteiger partial charge in [0, 0.05) is 0 Å². The predicted octanol–water partition coefficient (Wildman–Crippen LogP) is 6.13. The van der Waals surface area contributed by atoms with Gasteiger partial charge in [-0.3, -0.25) is 0 Å². The minimum absolute atomic E-state index is 0.116. The first kappa shape index (κ1) is 17.3. The number of fused-ring (bicyclic) bond motifs is 9. The van der Waals surface area contributed by atoms with Gasteiger partial charge in [-0.1, -0.05) is 30.7 Å². The molecule has 2 nitrogen and oxygen atoms in total. The molecule has 0 saturated heterocycles. The molecule has 4 bridgehead atoms. The van der Waals surface area contributed by atoms with Crippen molar-refractivity contribution in [3.8, 4) is 0 Å². The molecule has 7 unspecified atom stereocenters. The molecular formula is C26H32O2. The lowest BCUT2D eigenvalue weighted by atomic mass is 9.68. The maximum atomic E-state index is 12.9. The Kier molecular flexibility index (Phi) is 3.84. The Morgan fingerprint density at radius 3 is 2.61 bits per heavy atom. The number of esters is 1. The first-order chi connectivity index (χ1) is 13.6. The predicted molar refractivity (Wildman–Crippen MR) is 110 cm³/mol. The standard InChI is InChI=1S/C26H32O2/c1-26(10-3-2-4-11-26)28-25(27)19-7-5-6-16(12-19)21-14-20-15-22(21)24-18-9-8-17(13-18)23(20)24/h5-9,12,17-18,20-24H,2-4,10-11,13-15H2,1H3. The molecule has 0 radical (unpaired) electrons. The zero-order valence-electron chi connectivity index (χ0n) is 17.0. The van der Waals surface area contributed by atoms with Crippen molar-refractivity contribution in [3.63, 3.8) is 0 Å². The highest BCUT2D eigenvalue weighted by Gasteiger charge is 2.61. The van der Waals surface area contributed by atoms with Crippen molar-refractivity contribution in [3.05, 3.63) is 47.5 Å². The van der Waals surface area contributed by atoms with Gasteiger partial charge in [-0.05, 0) is 111 Å². The minimum Gasteiger partial charge on any atom is -0.456 e. The Morgan fingerprint density at radius 2 is 1.79 bits per heavy atom. The van der Waals surface area contributed by atoms with E-state index in [2.05, 4.69) is 37.3 Å². The van der Waals surface area contributed by atoms with Crippen molar-refractivity contribution in [2.45, 2.75) is 69.8 Å². The van der Waals surface area contributed by atoms with Gasteiger partial charge in [-0.15, -0.1) is 0 Å². The van der Waals surface area contributed by atoms with Crippen LogP contribution in [0.15, 0.2) is 36.4 Å². The van der Waals surface area contributed by atoms with Gasteiger partial charge in [0.25, 0.3) is 0 Å². The van der Waals surface area contributed by atoms with Crippen molar-refractivity contribution in [1.29, 1.82) is 0 Å². The lowest BCUT2D eigenvalue weighted by molar-refractivity contribution is -0.0269. The second-order valence-corrected chi connectivity index (χ2v) is 10.6. The van der Waals surface area contributed by atoms with Crippen LogP contribution in [0.25, 0.3) is 0 Å². The monoisotopic (exact) mass is 376 g/mol. The van der Waals surface area contributed by atoms with E-state index in [4.69, 9.17) is 4.74 Å². The van der Waals surface area contributed by atoms with Crippen LogP contribution in [-0.4, -0.2) is 11.6 Å². The SMILES string of the molecule is CC1(OC(=O)c2cccc(C3CC4CC3C3C5C=CC(C5)C43)c2)CCCCC1. The molecule has 2 heteroatoms. The topological polar surface area (TPSA) is 26.3 Å². The average Bonchev–Trinajstić information content (AvgIpc) is 3.47. The Labute approximate surface area is 168 Å². The average molecular weight is 377 g/mol. The molecule has 28 heavy (non-hydrogen) atoms. The van der Waals surface area contributed by atoms with Crippen LogP contribution in [0, 0.1) is 35.5 Å². The molecule has 0 heterocycles. The summed E-state index contributed by atoms with van der Waals surface area (Å²) < 4.78 is 6.01. The summed E-state index contributed by atoms with van der Waals surface area (Å²) in [5.41, 5.74) is 1.89. The van der Waals surface area contributed by atoms with E-state index in [1.807, 2.05) is 6.07 Å². The molecule has 0 aliphatic heterocycles. The summed E-state index contributed by atoms with van der Waals surface area (Å²) >= 11 is 0. The number of ether oxygens (including phenoxy) is 1. The smallest absolute Gasteiger partial charge is 0.338 e. The van der Waals surface area contributed by atoms with Crippen LogP contribution in [0.1, 0.15) is 80.1 Å². The fourth-order valence-corrected chi connectivity index (χ4v) is 7.98. The molecule has 148 valence electrons. The van der Waals surface area contributed by atoms with Gasteiger partial charge in [0.05, 0.1) is 5.56 Å². The summed E-state index contributed by atoms with van der Waals surface area (Å²) in [6.45, 7) is 2.12. The van der Waals surface area contributed by atoms with Gasteiger partial charge in [-0.2, -0.15) is 0 Å². The highest BCUT2D eigenvalue weighted by Crippen LogP contribution is 2.68. The molecule has 0 spiro atoms. The molecule has 0 aromatic heterocycles. The van der Waals surface area contributed by atoms with E-state index in [1.54, 1.807) is 0 Å². The second kappa shape index (κ2) is 6.21. The summed E-state index contributed by atoms with van der Waals surface area (Å²) in [7, 11) is 0. The number of rotatable bonds is 3. The lowest BCUT2D eigenvalue weighted by Crippen LogP contribution is -2.34. The van der Waals surface area contributed by atoms with Crippen LogP contribution in [0.5, 0.6) is 0 Å². The number of carbonyl (C=O) groups is 1. The Morgan fingerprint density at radius 1 is 1.00 bits per heavy atom. The Balaban J connectivity index is 1.21. The number of carbonyl (C=O) groups excluding carboxylic acids is 1. The molecule has 5 aliphatic rings. The van der Waals surface area contributed by atoms with E-state index in [-0.39, 0.29) is 11.6 Å². The highest BCUT2D eigenvalue weighted by molar-refractivity contribution is 5.90. The molecule has 4 fully saturated rings. The molecular weight excluding hydrogens is 344 g/mol. The van der Waals surface area contributed by atoms with E-state index in [0.29, 0.717) is 5.92 Å². The first-order valence-corrected chi connectivity index (χ1v) is 11.6. The normalized spacial score (nSPS) is 42.0. The maximum absolute atomic E-state index is 12.9. The van der Waals surface area contributed by atoms with Gasteiger partial charge in [-0.25, -0.2) is 4.79 Å². The molecule has 7 atom stereocenters. The first-order valence-electron chi connectivity index (χ1n) is 11.6. The quantitative estimate of drug-likeness (QED) is 0.360. The van der Waals surface area contributed by atoms with Crippen LogP contribution in [0.2, 0.25) is 0 Å². The van der Waals surface area contributed by atoms with Gasteiger partial charge in [0.15, 0.2) is 0 Å². The van der Waals surface area contributed by atoms with Crippen LogP contribution < -0.4 is 0 Å². The van der Waals surface area contributed by atoms with E-state index < -0.39 is 0 Å². The minimum atomic E-state index is -0.263. The van der Waals surface area contributed by atoms with Gasteiger partial charge >= 0.3 is 5.97 Å². The van der Waals surface area contributed by atoms with Crippen LogP contribution in [-0.2, 0) is 4.74 Å². The maximum Gasteiger partial charge on any atom is 0.338 e. The summed E-state index contributed by atoms with van der Waals surface area (Å²) in [5, 5.41) is 0. The molecule has 5 aliphatic carbocycles. The lowest BCUT2D eigenvalue weighted by Gasteiger charge is -2.37. The van der Waals surface area contributed by atoms with Crippen molar-refractivity contribution in [2.24, 2.45) is 35.5 Å². The number of benzene rings is 1. The van der Waals surface area contributed by atoms with E-state index in [9.17, 15) is 4.79 Å². The fourth-order valence-electron chi connectivity index (χ4n) is 7.98. The Bertz CT molecular complexity index is 817. The van der Waals surface area contributed by atoms with Crippen LogP contribution in [0.3, 0.4) is 0 Å². The second-order valence-electron chi connectivity index (χ2n) is 10.6. The summed E-state index contributed by atoms with van der Waals surface area (Å²) in [6, 6.07) is 8.47. The van der Waals surface area contributed by atoms with Crippen molar-refractivity contribution in [2.75, 3.05) is 0 Å². The fraction of sp³-hybridized carbons (Fsp3) is 0.654. The number of hydrogen-bond acceptors (Lipinski definition) is 2. The zero-order chi connectivity index (χ0) is 18.9. The van der Waals surface area contributed by atoms with E-state index >= 15 is 0 Å². The highest BCUT2D eigenvalue weighted by atomic mass is 16.6. The largest absolute Gasteiger partial charge is 0.456 e. The molecule has 4 saturated carbocycles.